The molecule has 0 radical (unpaired) electrons. The molecule has 27 heavy (non-hydrogen) atoms. The number of thiophene rings is 1. The summed E-state index contributed by atoms with van der Waals surface area (Å²) in [4.78, 5) is 16.9. The normalized spacial score (nSPS) is 18.0. The van der Waals surface area contributed by atoms with Crippen molar-refractivity contribution in [2.45, 2.75) is 31.3 Å². The van der Waals surface area contributed by atoms with Crippen molar-refractivity contribution in [3.63, 3.8) is 0 Å². The molecule has 2 aromatic heterocycles. The Labute approximate surface area is 170 Å². The van der Waals surface area contributed by atoms with Crippen LogP contribution >= 0.6 is 23.7 Å². The Kier molecular flexibility index (Phi) is 6.25. The number of aryl methyl sites for hydroxylation is 1. The van der Waals surface area contributed by atoms with Gasteiger partial charge in [0.15, 0.2) is 0 Å². The molecule has 0 atom stereocenters. The molecule has 1 fully saturated rings. The number of rotatable bonds is 4. The highest BCUT2D eigenvalue weighted by Crippen LogP contribution is 2.43. The first-order valence-corrected chi connectivity index (χ1v) is 10.1. The number of carbonyl (C=O) groups excluding carboxylic acids is 1. The van der Waals surface area contributed by atoms with E-state index in [-0.39, 0.29) is 23.9 Å². The van der Waals surface area contributed by atoms with Gasteiger partial charge in [-0.05, 0) is 49.5 Å². The molecule has 0 unspecified atom stereocenters. The highest BCUT2D eigenvalue weighted by Gasteiger charge is 2.40. The summed E-state index contributed by atoms with van der Waals surface area (Å²) < 4.78 is 8.02. The molecular weight excluding hydrogens is 384 g/mol. The number of halogens is 1. The SMILES string of the molecule is CN(CCc1cnn(C)c1)C(=O)c1cc2c(s1)CCOC21CCNCC1.Cl. The molecule has 0 aromatic carbocycles. The lowest BCUT2D eigenvalue weighted by Gasteiger charge is -2.40. The van der Waals surface area contributed by atoms with Crippen LogP contribution in [0.25, 0.3) is 0 Å². The number of carbonyl (C=O) groups is 1. The summed E-state index contributed by atoms with van der Waals surface area (Å²) in [6.45, 7) is 3.41. The zero-order valence-electron chi connectivity index (χ0n) is 15.9. The first kappa shape index (κ1) is 20.3. The van der Waals surface area contributed by atoms with Crippen LogP contribution in [-0.4, -0.2) is 53.9 Å². The van der Waals surface area contributed by atoms with E-state index in [4.69, 9.17) is 4.74 Å². The second-order valence-corrected chi connectivity index (χ2v) is 8.43. The zero-order valence-corrected chi connectivity index (χ0v) is 17.5. The standard InChI is InChI=1S/C19H26N4O2S.ClH/c1-22(9-3-14-12-21-23(2)13-14)18(24)17-11-15-16(26-17)4-10-25-19(15)5-7-20-8-6-19;/h11-13,20H,3-10H2,1-2H3;1H. The average Bonchev–Trinajstić information content (AvgIpc) is 3.27. The Morgan fingerprint density at radius 3 is 2.93 bits per heavy atom. The second-order valence-electron chi connectivity index (χ2n) is 7.29. The van der Waals surface area contributed by atoms with Crippen molar-refractivity contribution < 1.29 is 9.53 Å². The second kappa shape index (κ2) is 8.31. The van der Waals surface area contributed by atoms with Crippen LogP contribution in [-0.2, 0) is 30.2 Å². The molecule has 4 heterocycles. The van der Waals surface area contributed by atoms with Crippen LogP contribution in [0.5, 0.6) is 0 Å². The van der Waals surface area contributed by atoms with Gasteiger partial charge < -0.3 is 15.0 Å². The van der Waals surface area contributed by atoms with Crippen LogP contribution < -0.4 is 5.32 Å². The smallest absolute Gasteiger partial charge is 0.263 e. The summed E-state index contributed by atoms with van der Waals surface area (Å²) in [5.74, 6) is 0.109. The largest absolute Gasteiger partial charge is 0.370 e. The van der Waals surface area contributed by atoms with E-state index in [1.807, 2.05) is 31.4 Å². The Balaban J connectivity index is 0.00000210. The minimum Gasteiger partial charge on any atom is -0.370 e. The van der Waals surface area contributed by atoms with Crippen LogP contribution in [0.15, 0.2) is 18.5 Å². The summed E-state index contributed by atoms with van der Waals surface area (Å²) in [5, 5.41) is 7.60. The zero-order chi connectivity index (χ0) is 18.1. The van der Waals surface area contributed by atoms with Gasteiger partial charge in [-0.2, -0.15) is 5.10 Å². The third-order valence-electron chi connectivity index (χ3n) is 5.47. The van der Waals surface area contributed by atoms with Gasteiger partial charge in [0, 0.05) is 38.1 Å². The number of nitrogens with zero attached hydrogens (tertiary/aromatic N) is 3. The van der Waals surface area contributed by atoms with Crippen molar-refractivity contribution in [3.05, 3.63) is 39.3 Å². The molecule has 6 nitrogen and oxygen atoms in total. The van der Waals surface area contributed by atoms with Gasteiger partial charge in [-0.3, -0.25) is 9.48 Å². The third kappa shape index (κ3) is 4.06. The van der Waals surface area contributed by atoms with E-state index >= 15 is 0 Å². The maximum atomic E-state index is 12.9. The number of aromatic nitrogens is 2. The average molecular weight is 411 g/mol. The molecule has 1 N–H and O–H groups in total. The number of hydrogen-bond acceptors (Lipinski definition) is 5. The molecule has 1 saturated heterocycles. The van der Waals surface area contributed by atoms with E-state index < -0.39 is 0 Å². The Morgan fingerprint density at radius 1 is 1.44 bits per heavy atom. The van der Waals surface area contributed by atoms with Crippen molar-refractivity contribution in [1.29, 1.82) is 0 Å². The van der Waals surface area contributed by atoms with Crippen molar-refractivity contribution in [1.82, 2.24) is 20.0 Å². The van der Waals surface area contributed by atoms with E-state index in [0.717, 1.165) is 55.8 Å². The van der Waals surface area contributed by atoms with Crippen LogP contribution in [0, 0.1) is 0 Å². The van der Waals surface area contributed by atoms with E-state index in [1.165, 1.54) is 10.4 Å². The fourth-order valence-electron chi connectivity index (χ4n) is 3.95. The van der Waals surface area contributed by atoms with Gasteiger partial charge in [0.1, 0.15) is 0 Å². The predicted molar refractivity (Wildman–Crippen MR) is 109 cm³/mol. The third-order valence-corrected chi connectivity index (χ3v) is 6.65. The summed E-state index contributed by atoms with van der Waals surface area (Å²) in [5.41, 5.74) is 2.24. The van der Waals surface area contributed by atoms with Gasteiger partial charge in [-0.15, -0.1) is 23.7 Å². The lowest BCUT2D eigenvalue weighted by molar-refractivity contribution is -0.0792. The van der Waals surface area contributed by atoms with Gasteiger partial charge in [0.2, 0.25) is 0 Å². The number of likely N-dealkylation sites (N-methyl/N-ethyl adjacent to an activating group) is 1. The molecule has 0 bridgehead atoms. The summed E-state index contributed by atoms with van der Waals surface area (Å²) >= 11 is 1.66. The van der Waals surface area contributed by atoms with Crippen molar-refractivity contribution in [3.8, 4) is 0 Å². The van der Waals surface area contributed by atoms with Gasteiger partial charge in [-0.1, -0.05) is 0 Å². The van der Waals surface area contributed by atoms with Gasteiger partial charge in [0.25, 0.3) is 5.91 Å². The highest BCUT2D eigenvalue weighted by atomic mass is 35.5. The van der Waals surface area contributed by atoms with E-state index in [1.54, 1.807) is 16.0 Å². The summed E-state index contributed by atoms with van der Waals surface area (Å²) in [6, 6.07) is 2.10. The minimum atomic E-state index is -0.178. The summed E-state index contributed by atoms with van der Waals surface area (Å²) in [7, 11) is 3.79. The Bertz CT molecular complexity index is 797. The van der Waals surface area contributed by atoms with Crippen LogP contribution in [0.3, 0.4) is 0 Å². The number of amides is 1. The van der Waals surface area contributed by atoms with Gasteiger partial charge in [-0.25, -0.2) is 0 Å². The maximum absolute atomic E-state index is 12.9. The molecule has 8 heteroatoms. The predicted octanol–water partition coefficient (Wildman–Crippen LogP) is 2.37. The molecule has 0 saturated carbocycles. The highest BCUT2D eigenvalue weighted by molar-refractivity contribution is 7.14. The van der Waals surface area contributed by atoms with Crippen molar-refractivity contribution in [2.24, 2.45) is 7.05 Å². The number of fused-ring (bicyclic) bond motifs is 2. The Morgan fingerprint density at radius 2 is 2.22 bits per heavy atom. The van der Waals surface area contributed by atoms with Crippen molar-refractivity contribution in [2.75, 3.05) is 33.3 Å². The van der Waals surface area contributed by atoms with E-state index in [0.29, 0.717) is 6.54 Å². The molecule has 2 aliphatic heterocycles. The van der Waals surface area contributed by atoms with Gasteiger partial charge in [0.05, 0.1) is 23.3 Å². The molecule has 2 aromatic rings. The monoisotopic (exact) mass is 410 g/mol. The lowest BCUT2D eigenvalue weighted by atomic mass is 9.83. The number of hydrogen-bond donors (Lipinski definition) is 1. The maximum Gasteiger partial charge on any atom is 0.263 e. The number of piperidine rings is 1. The summed E-state index contributed by atoms with van der Waals surface area (Å²) in [6.07, 6.45) is 7.57. The first-order chi connectivity index (χ1) is 12.6. The number of nitrogens with one attached hydrogen (secondary N) is 1. The van der Waals surface area contributed by atoms with Crippen molar-refractivity contribution >= 4 is 29.7 Å². The molecule has 2 aliphatic rings. The molecule has 0 aliphatic carbocycles. The van der Waals surface area contributed by atoms with Crippen LogP contribution in [0.2, 0.25) is 0 Å². The molecular formula is C19H27ClN4O2S. The Hall–Kier alpha value is -1.41. The fourth-order valence-corrected chi connectivity index (χ4v) is 5.18. The van der Waals surface area contributed by atoms with E-state index in [9.17, 15) is 4.79 Å². The van der Waals surface area contributed by atoms with Gasteiger partial charge >= 0.3 is 0 Å². The quantitative estimate of drug-likeness (QED) is 0.840. The lowest BCUT2D eigenvalue weighted by Crippen LogP contribution is -2.44. The van der Waals surface area contributed by atoms with E-state index in [2.05, 4.69) is 16.5 Å². The minimum absolute atomic E-state index is 0. The number of ether oxygens (including phenoxy) is 1. The molecule has 4 rings (SSSR count). The molecule has 148 valence electrons. The molecule has 1 amide bonds. The van der Waals surface area contributed by atoms with Crippen LogP contribution in [0.1, 0.15) is 38.5 Å². The topological polar surface area (TPSA) is 59.4 Å². The first-order valence-electron chi connectivity index (χ1n) is 9.28. The molecule has 1 spiro atoms. The fraction of sp³-hybridized carbons (Fsp3) is 0.579. The van der Waals surface area contributed by atoms with Crippen LogP contribution in [0.4, 0.5) is 0 Å².